The highest BCUT2D eigenvalue weighted by Crippen LogP contribution is 2.23. The normalized spacial score (nSPS) is 12.2. The molecule has 0 aliphatic rings. The minimum atomic E-state index is -0.543. The van der Waals surface area contributed by atoms with E-state index in [2.05, 4.69) is 31.3 Å². The van der Waals surface area contributed by atoms with Gasteiger partial charge in [-0.2, -0.15) is 0 Å². The Kier molecular flexibility index (Phi) is 7.35. The van der Waals surface area contributed by atoms with E-state index in [9.17, 15) is 9.90 Å². The Bertz CT molecular complexity index is 626. The molecule has 4 heteroatoms. The van der Waals surface area contributed by atoms with Gasteiger partial charge in [0.05, 0.1) is 12.5 Å². The van der Waals surface area contributed by atoms with Crippen LogP contribution in [0.15, 0.2) is 59.5 Å². The number of amides is 1. The van der Waals surface area contributed by atoms with E-state index in [-0.39, 0.29) is 5.91 Å². The topological polar surface area (TPSA) is 49.3 Å². The zero-order valence-electron chi connectivity index (χ0n) is 14.2. The number of carbonyl (C=O) groups excluding carboxylic acids is 1. The Morgan fingerprint density at radius 2 is 1.75 bits per heavy atom. The van der Waals surface area contributed by atoms with Gasteiger partial charge >= 0.3 is 0 Å². The van der Waals surface area contributed by atoms with Gasteiger partial charge in [-0.1, -0.05) is 56.3 Å². The molecule has 0 fully saturated rings. The van der Waals surface area contributed by atoms with E-state index in [1.165, 1.54) is 4.90 Å². The third-order valence-electron chi connectivity index (χ3n) is 3.58. The Morgan fingerprint density at radius 3 is 2.38 bits per heavy atom. The number of benzene rings is 2. The molecule has 0 aliphatic carbocycles. The lowest BCUT2D eigenvalue weighted by molar-refractivity contribution is -0.120. The van der Waals surface area contributed by atoms with Crippen LogP contribution in [-0.2, 0) is 11.2 Å². The summed E-state index contributed by atoms with van der Waals surface area (Å²) in [4.78, 5) is 13.2. The molecule has 1 atom stereocenters. The molecule has 2 rings (SSSR count). The maximum Gasteiger partial charge on any atom is 0.224 e. The summed E-state index contributed by atoms with van der Waals surface area (Å²) in [5, 5.41) is 13.5. The van der Waals surface area contributed by atoms with Gasteiger partial charge in [-0.05, 0) is 29.7 Å². The summed E-state index contributed by atoms with van der Waals surface area (Å²) in [6, 6.07) is 17.6. The summed E-state index contributed by atoms with van der Waals surface area (Å²) < 4.78 is 0. The first-order valence-electron chi connectivity index (χ1n) is 8.30. The lowest BCUT2D eigenvalue weighted by Gasteiger charge is -2.12. The average molecular weight is 343 g/mol. The molecule has 0 unspecified atom stereocenters. The Hall–Kier alpha value is -1.78. The Labute approximate surface area is 148 Å². The second kappa shape index (κ2) is 9.50. The van der Waals surface area contributed by atoms with Crippen LogP contribution in [0.4, 0.5) is 0 Å². The quantitative estimate of drug-likeness (QED) is 0.713. The molecule has 2 aromatic carbocycles. The first kappa shape index (κ1) is 18.6. The maximum absolute atomic E-state index is 12.0. The molecule has 0 aliphatic heterocycles. The fraction of sp³-hybridized carbons (Fsp3) is 0.350. The minimum Gasteiger partial charge on any atom is -0.388 e. The molecule has 2 aromatic rings. The monoisotopic (exact) mass is 343 g/mol. The molecule has 1 amide bonds. The summed E-state index contributed by atoms with van der Waals surface area (Å²) in [5.74, 6) is -0.0143. The number of carbonyl (C=O) groups is 1. The number of nitrogens with one attached hydrogen (secondary N) is 1. The van der Waals surface area contributed by atoms with Crippen molar-refractivity contribution < 1.29 is 9.90 Å². The van der Waals surface area contributed by atoms with Gasteiger partial charge in [0.2, 0.25) is 5.91 Å². The van der Waals surface area contributed by atoms with Gasteiger partial charge in [0, 0.05) is 16.7 Å². The van der Waals surface area contributed by atoms with Crippen LogP contribution < -0.4 is 5.32 Å². The van der Waals surface area contributed by atoms with Crippen molar-refractivity contribution in [2.45, 2.75) is 42.9 Å². The fourth-order valence-corrected chi connectivity index (χ4v) is 3.23. The summed E-state index contributed by atoms with van der Waals surface area (Å²) in [6.45, 7) is 4.79. The SMILES string of the molecule is CC(C)Sc1ccc(CC(=O)NCC[C@@H](O)c2ccccc2)cc1. The summed E-state index contributed by atoms with van der Waals surface area (Å²) in [7, 11) is 0. The highest BCUT2D eigenvalue weighted by molar-refractivity contribution is 7.99. The molecular weight excluding hydrogens is 318 g/mol. The lowest BCUT2D eigenvalue weighted by atomic mass is 10.1. The van der Waals surface area contributed by atoms with Crippen LogP contribution >= 0.6 is 11.8 Å². The van der Waals surface area contributed by atoms with Crippen LogP contribution in [0.1, 0.15) is 37.5 Å². The van der Waals surface area contributed by atoms with Crippen molar-refractivity contribution in [3.63, 3.8) is 0 Å². The van der Waals surface area contributed by atoms with E-state index >= 15 is 0 Å². The Balaban J connectivity index is 1.73. The van der Waals surface area contributed by atoms with E-state index in [4.69, 9.17) is 0 Å². The molecule has 3 nitrogen and oxygen atoms in total. The summed E-state index contributed by atoms with van der Waals surface area (Å²) in [6.07, 6.45) is 0.340. The van der Waals surface area contributed by atoms with Crippen LogP contribution in [0, 0.1) is 0 Å². The molecular formula is C20H25NO2S. The highest BCUT2D eigenvalue weighted by atomic mass is 32.2. The molecule has 24 heavy (non-hydrogen) atoms. The zero-order chi connectivity index (χ0) is 17.4. The van der Waals surface area contributed by atoms with E-state index < -0.39 is 6.10 Å². The molecule has 0 saturated heterocycles. The molecule has 128 valence electrons. The second-order valence-corrected chi connectivity index (χ2v) is 7.70. The van der Waals surface area contributed by atoms with Gasteiger partial charge in [0.15, 0.2) is 0 Å². The number of rotatable bonds is 8. The van der Waals surface area contributed by atoms with Crippen molar-refractivity contribution in [3.05, 3.63) is 65.7 Å². The number of thioether (sulfide) groups is 1. The van der Waals surface area contributed by atoms with Crippen molar-refractivity contribution in [3.8, 4) is 0 Å². The molecule has 2 N–H and O–H groups in total. The predicted octanol–water partition coefficient (Wildman–Crippen LogP) is 3.97. The van der Waals surface area contributed by atoms with Gasteiger partial charge in [-0.3, -0.25) is 4.79 Å². The largest absolute Gasteiger partial charge is 0.388 e. The molecule has 0 aromatic heterocycles. The van der Waals surface area contributed by atoms with Crippen molar-refractivity contribution in [1.82, 2.24) is 5.32 Å². The average Bonchev–Trinajstić information content (AvgIpc) is 2.57. The van der Waals surface area contributed by atoms with Crippen LogP contribution in [0.5, 0.6) is 0 Å². The fourth-order valence-electron chi connectivity index (χ4n) is 2.40. The number of hydrogen-bond acceptors (Lipinski definition) is 3. The third-order valence-corrected chi connectivity index (χ3v) is 4.60. The first-order chi connectivity index (χ1) is 11.5. The van der Waals surface area contributed by atoms with Crippen LogP contribution in [0.25, 0.3) is 0 Å². The smallest absolute Gasteiger partial charge is 0.224 e. The number of hydrogen-bond donors (Lipinski definition) is 2. The lowest BCUT2D eigenvalue weighted by Crippen LogP contribution is -2.27. The highest BCUT2D eigenvalue weighted by Gasteiger charge is 2.08. The van der Waals surface area contributed by atoms with E-state index in [0.717, 1.165) is 11.1 Å². The van der Waals surface area contributed by atoms with Gasteiger partial charge < -0.3 is 10.4 Å². The van der Waals surface area contributed by atoms with E-state index in [1.807, 2.05) is 54.2 Å². The van der Waals surface area contributed by atoms with E-state index in [0.29, 0.717) is 24.6 Å². The first-order valence-corrected chi connectivity index (χ1v) is 9.18. The third kappa shape index (κ3) is 6.38. The number of aliphatic hydroxyl groups excluding tert-OH is 1. The predicted molar refractivity (Wildman–Crippen MR) is 100 cm³/mol. The minimum absolute atomic E-state index is 0.0143. The molecule has 0 radical (unpaired) electrons. The molecule has 0 saturated carbocycles. The Morgan fingerprint density at radius 1 is 1.08 bits per heavy atom. The van der Waals surface area contributed by atoms with E-state index in [1.54, 1.807) is 0 Å². The molecule has 0 spiro atoms. The van der Waals surface area contributed by atoms with Crippen LogP contribution in [0.3, 0.4) is 0 Å². The van der Waals surface area contributed by atoms with Gasteiger partial charge in [-0.25, -0.2) is 0 Å². The summed E-state index contributed by atoms with van der Waals surface area (Å²) >= 11 is 1.81. The zero-order valence-corrected chi connectivity index (χ0v) is 15.1. The van der Waals surface area contributed by atoms with Crippen molar-refractivity contribution >= 4 is 17.7 Å². The van der Waals surface area contributed by atoms with Crippen molar-refractivity contribution in [2.75, 3.05) is 6.54 Å². The standard InChI is InChI=1S/C20H25NO2S/c1-15(2)24-18-10-8-16(9-11-18)14-20(23)21-13-12-19(22)17-6-4-3-5-7-17/h3-11,15,19,22H,12-14H2,1-2H3,(H,21,23)/t19-/m1/s1. The second-order valence-electron chi connectivity index (χ2n) is 6.05. The van der Waals surface area contributed by atoms with Gasteiger partial charge in [0.1, 0.15) is 0 Å². The maximum atomic E-state index is 12.0. The van der Waals surface area contributed by atoms with Crippen LogP contribution in [-0.4, -0.2) is 22.8 Å². The van der Waals surface area contributed by atoms with Crippen molar-refractivity contribution in [2.24, 2.45) is 0 Å². The van der Waals surface area contributed by atoms with Crippen LogP contribution in [0.2, 0.25) is 0 Å². The number of aliphatic hydroxyl groups is 1. The molecule has 0 heterocycles. The molecule has 0 bridgehead atoms. The van der Waals surface area contributed by atoms with Crippen molar-refractivity contribution in [1.29, 1.82) is 0 Å². The summed E-state index contributed by atoms with van der Waals surface area (Å²) in [5.41, 5.74) is 1.88. The van der Waals surface area contributed by atoms with Gasteiger partial charge in [0.25, 0.3) is 0 Å². The van der Waals surface area contributed by atoms with Gasteiger partial charge in [-0.15, -0.1) is 11.8 Å².